The molecule has 124 valence electrons. The number of aliphatic hydroxyl groups excluding tert-OH is 1. The molecule has 2 rings (SSSR count). The van der Waals surface area contributed by atoms with Crippen molar-refractivity contribution >= 4 is 0 Å². The van der Waals surface area contributed by atoms with E-state index < -0.39 is 6.10 Å². The van der Waals surface area contributed by atoms with Crippen LogP contribution in [-0.2, 0) is 6.42 Å². The van der Waals surface area contributed by atoms with Crippen molar-refractivity contribution < 1.29 is 9.84 Å². The normalized spacial score (nSPS) is 20.8. The van der Waals surface area contributed by atoms with Crippen LogP contribution in [0, 0.1) is 0 Å². The molecule has 1 aromatic rings. The largest absolute Gasteiger partial charge is 0.491 e. The van der Waals surface area contributed by atoms with Gasteiger partial charge in [0.1, 0.15) is 18.5 Å². The molecule has 0 bridgehead atoms. The zero-order chi connectivity index (χ0) is 15.9. The Morgan fingerprint density at radius 2 is 1.82 bits per heavy atom. The van der Waals surface area contributed by atoms with Gasteiger partial charge in [0, 0.05) is 5.56 Å². The fourth-order valence-electron chi connectivity index (χ4n) is 3.23. The van der Waals surface area contributed by atoms with Crippen molar-refractivity contribution in [3.05, 3.63) is 29.3 Å². The van der Waals surface area contributed by atoms with Gasteiger partial charge in [0.2, 0.25) is 0 Å². The molecule has 0 saturated carbocycles. The first-order valence-corrected chi connectivity index (χ1v) is 8.89. The van der Waals surface area contributed by atoms with E-state index in [2.05, 4.69) is 31.7 Å². The van der Waals surface area contributed by atoms with E-state index in [0.29, 0.717) is 6.61 Å². The van der Waals surface area contributed by atoms with Crippen LogP contribution in [0.3, 0.4) is 0 Å². The van der Waals surface area contributed by atoms with Crippen LogP contribution in [0.15, 0.2) is 18.2 Å². The van der Waals surface area contributed by atoms with Gasteiger partial charge in [-0.3, -0.25) is 4.90 Å². The molecule has 0 radical (unpaired) electrons. The van der Waals surface area contributed by atoms with E-state index >= 15 is 0 Å². The Morgan fingerprint density at radius 1 is 1.14 bits per heavy atom. The number of aliphatic hydroxyl groups is 1. The number of unbranched alkanes of at least 4 members (excludes halogenated alkanes) is 2. The molecule has 1 N–H and O–H groups in total. The van der Waals surface area contributed by atoms with Crippen molar-refractivity contribution in [3.8, 4) is 5.75 Å². The van der Waals surface area contributed by atoms with Crippen LogP contribution in [0.25, 0.3) is 0 Å². The van der Waals surface area contributed by atoms with E-state index in [4.69, 9.17) is 4.74 Å². The summed E-state index contributed by atoms with van der Waals surface area (Å²) in [6.07, 6.45) is 5.22. The van der Waals surface area contributed by atoms with E-state index in [-0.39, 0.29) is 6.04 Å². The van der Waals surface area contributed by atoms with E-state index in [9.17, 15) is 5.11 Å². The first-order chi connectivity index (χ1) is 10.7. The molecule has 0 aliphatic carbocycles. The lowest BCUT2D eigenvalue weighted by Gasteiger charge is -2.39. The average Bonchev–Trinajstić information content (AvgIpc) is 2.55. The molecular formula is C19H31NO2. The Bertz CT molecular complexity index is 453. The SMILES string of the molecule is CCCCN(CCCC)C1COc2c(CC)cccc2C1O. The molecule has 1 aliphatic heterocycles. The molecule has 22 heavy (non-hydrogen) atoms. The van der Waals surface area contributed by atoms with Crippen molar-refractivity contribution in [2.24, 2.45) is 0 Å². The van der Waals surface area contributed by atoms with Gasteiger partial charge in [0.25, 0.3) is 0 Å². The number of hydrogen-bond donors (Lipinski definition) is 1. The number of benzene rings is 1. The topological polar surface area (TPSA) is 32.7 Å². The first kappa shape index (κ1) is 17.3. The van der Waals surface area contributed by atoms with Crippen molar-refractivity contribution in [2.75, 3.05) is 19.7 Å². The molecule has 3 heteroatoms. The van der Waals surface area contributed by atoms with Crippen LogP contribution in [0.2, 0.25) is 0 Å². The quantitative estimate of drug-likeness (QED) is 0.789. The lowest BCUT2D eigenvalue weighted by atomic mass is 9.94. The number of fused-ring (bicyclic) bond motifs is 1. The number of hydrogen-bond acceptors (Lipinski definition) is 3. The van der Waals surface area contributed by atoms with Crippen LogP contribution in [-0.4, -0.2) is 35.7 Å². The van der Waals surface area contributed by atoms with Gasteiger partial charge in [-0.15, -0.1) is 0 Å². The van der Waals surface area contributed by atoms with Crippen LogP contribution < -0.4 is 4.74 Å². The Balaban J connectivity index is 2.17. The molecule has 0 fully saturated rings. The molecule has 0 spiro atoms. The molecule has 1 aliphatic rings. The monoisotopic (exact) mass is 305 g/mol. The predicted molar refractivity (Wildman–Crippen MR) is 91.5 cm³/mol. The summed E-state index contributed by atoms with van der Waals surface area (Å²) in [4.78, 5) is 2.43. The van der Waals surface area contributed by atoms with Gasteiger partial charge in [0.05, 0.1) is 6.04 Å². The van der Waals surface area contributed by atoms with Crippen LogP contribution >= 0.6 is 0 Å². The predicted octanol–water partition coefficient (Wildman–Crippen LogP) is 3.95. The molecular weight excluding hydrogens is 274 g/mol. The first-order valence-electron chi connectivity index (χ1n) is 8.89. The minimum absolute atomic E-state index is 0.0812. The van der Waals surface area contributed by atoms with Crippen LogP contribution in [0.1, 0.15) is 63.7 Å². The third kappa shape index (κ3) is 3.82. The number of nitrogens with zero attached hydrogens (tertiary/aromatic N) is 1. The zero-order valence-corrected chi connectivity index (χ0v) is 14.3. The number of rotatable bonds is 8. The maximum Gasteiger partial charge on any atom is 0.128 e. The van der Waals surface area contributed by atoms with Crippen molar-refractivity contribution in [3.63, 3.8) is 0 Å². The Hall–Kier alpha value is -1.06. The molecule has 2 atom stereocenters. The molecule has 1 aromatic carbocycles. The third-order valence-corrected chi connectivity index (χ3v) is 4.66. The highest BCUT2D eigenvalue weighted by molar-refractivity contribution is 5.44. The molecule has 1 heterocycles. The molecule has 3 nitrogen and oxygen atoms in total. The number of para-hydroxylation sites is 1. The van der Waals surface area contributed by atoms with E-state index in [1.807, 2.05) is 12.1 Å². The smallest absolute Gasteiger partial charge is 0.128 e. The average molecular weight is 305 g/mol. The third-order valence-electron chi connectivity index (χ3n) is 4.66. The summed E-state index contributed by atoms with van der Waals surface area (Å²) in [5.41, 5.74) is 2.16. The minimum atomic E-state index is -0.441. The molecule has 0 saturated heterocycles. The lowest BCUT2D eigenvalue weighted by molar-refractivity contribution is 0.00176. The summed E-state index contributed by atoms with van der Waals surface area (Å²) in [5, 5.41) is 10.9. The summed E-state index contributed by atoms with van der Waals surface area (Å²) in [6.45, 7) is 9.25. The second kappa shape index (κ2) is 8.54. The lowest BCUT2D eigenvalue weighted by Crippen LogP contribution is -2.47. The maximum absolute atomic E-state index is 10.9. The number of aryl methyl sites for hydroxylation is 1. The maximum atomic E-state index is 10.9. The Morgan fingerprint density at radius 3 is 2.41 bits per heavy atom. The summed E-state index contributed by atoms with van der Waals surface area (Å²) in [7, 11) is 0. The van der Waals surface area contributed by atoms with Gasteiger partial charge in [-0.25, -0.2) is 0 Å². The summed E-state index contributed by atoms with van der Waals surface area (Å²) in [5.74, 6) is 0.916. The van der Waals surface area contributed by atoms with Gasteiger partial charge in [-0.1, -0.05) is 51.8 Å². The molecule has 0 aromatic heterocycles. The minimum Gasteiger partial charge on any atom is -0.491 e. The Kier molecular flexibility index (Phi) is 6.71. The van der Waals surface area contributed by atoms with Crippen LogP contribution in [0.5, 0.6) is 5.75 Å². The second-order valence-corrected chi connectivity index (χ2v) is 6.26. The standard InChI is InChI=1S/C19H31NO2/c1-4-7-12-20(13-8-5-2)17-14-22-19-15(6-3)10-9-11-16(19)18(17)21/h9-11,17-18,21H,4-8,12-14H2,1-3H3. The Labute approximate surface area is 135 Å². The summed E-state index contributed by atoms with van der Waals surface area (Å²) < 4.78 is 6.07. The van der Waals surface area contributed by atoms with Gasteiger partial charge < -0.3 is 9.84 Å². The van der Waals surface area contributed by atoms with E-state index in [1.165, 1.54) is 31.2 Å². The molecule has 0 amide bonds. The highest BCUT2D eigenvalue weighted by atomic mass is 16.5. The van der Waals surface area contributed by atoms with Gasteiger partial charge in [-0.2, -0.15) is 0 Å². The molecule has 2 unspecified atom stereocenters. The fraction of sp³-hybridized carbons (Fsp3) is 0.684. The van der Waals surface area contributed by atoms with Crippen molar-refractivity contribution in [1.29, 1.82) is 0 Å². The van der Waals surface area contributed by atoms with Crippen LogP contribution in [0.4, 0.5) is 0 Å². The van der Waals surface area contributed by atoms with E-state index in [1.54, 1.807) is 0 Å². The highest BCUT2D eigenvalue weighted by Gasteiger charge is 2.34. The van der Waals surface area contributed by atoms with Gasteiger partial charge in [-0.05, 0) is 37.9 Å². The number of ether oxygens (including phenoxy) is 1. The van der Waals surface area contributed by atoms with Gasteiger partial charge >= 0.3 is 0 Å². The fourth-order valence-corrected chi connectivity index (χ4v) is 3.23. The van der Waals surface area contributed by atoms with Crippen molar-refractivity contribution in [2.45, 2.75) is 65.0 Å². The second-order valence-electron chi connectivity index (χ2n) is 6.26. The summed E-state index contributed by atoms with van der Waals surface area (Å²) >= 11 is 0. The zero-order valence-electron chi connectivity index (χ0n) is 14.3. The summed E-state index contributed by atoms with van der Waals surface area (Å²) in [6, 6.07) is 6.23. The van der Waals surface area contributed by atoms with Gasteiger partial charge in [0.15, 0.2) is 0 Å². The van der Waals surface area contributed by atoms with E-state index in [0.717, 1.165) is 30.8 Å². The highest BCUT2D eigenvalue weighted by Crippen LogP contribution is 2.37. The van der Waals surface area contributed by atoms with Crippen molar-refractivity contribution in [1.82, 2.24) is 4.90 Å².